The summed E-state index contributed by atoms with van der Waals surface area (Å²) in [5, 5.41) is 10.5. The zero-order valence-corrected chi connectivity index (χ0v) is 21.2. The van der Waals surface area contributed by atoms with E-state index in [-0.39, 0.29) is 18.6 Å². The van der Waals surface area contributed by atoms with E-state index < -0.39 is 6.10 Å². The predicted molar refractivity (Wildman–Crippen MR) is 135 cm³/mol. The lowest BCUT2D eigenvalue weighted by Crippen LogP contribution is -2.52. The topological polar surface area (TPSA) is 87.9 Å². The Labute approximate surface area is 213 Å². The Morgan fingerprint density at radius 3 is 2.67 bits per heavy atom. The summed E-state index contributed by atoms with van der Waals surface area (Å²) in [7, 11) is 0. The second-order valence-corrected chi connectivity index (χ2v) is 9.57. The van der Waals surface area contributed by atoms with Crippen LogP contribution < -0.4 is 0 Å². The molecule has 1 aromatic heterocycles. The molecule has 198 valence electrons. The zero-order chi connectivity index (χ0) is 25.2. The number of aryl methyl sites for hydroxylation is 1. The fourth-order valence-electron chi connectivity index (χ4n) is 4.58. The number of rotatable bonds is 12. The second kappa shape index (κ2) is 13.9. The van der Waals surface area contributed by atoms with Crippen LogP contribution in [-0.2, 0) is 20.8 Å². The highest BCUT2D eigenvalue weighted by Crippen LogP contribution is 2.13. The van der Waals surface area contributed by atoms with E-state index in [2.05, 4.69) is 9.80 Å². The van der Waals surface area contributed by atoms with Crippen LogP contribution in [0.3, 0.4) is 0 Å². The second-order valence-electron chi connectivity index (χ2n) is 9.57. The molecule has 2 atom stereocenters. The molecule has 2 saturated heterocycles. The molecule has 3 heterocycles. The fraction of sp³-hybridized carbons (Fsp3) is 0.593. The molecule has 0 saturated carbocycles. The number of β-amino-alcohol motifs (C(OH)–C–C–N with tert-alkyl or cyclic N) is 1. The summed E-state index contributed by atoms with van der Waals surface area (Å²) in [6, 6.07) is 11.4. The van der Waals surface area contributed by atoms with Gasteiger partial charge in [-0.1, -0.05) is 17.7 Å². The van der Waals surface area contributed by atoms with Gasteiger partial charge in [-0.3, -0.25) is 14.6 Å². The Balaban J connectivity index is 1.29. The highest BCUT2D eigenvalue weighted by molar-refractivity contribution is 5.94. The molecule has 1 N–H and O–H groups in total. The normalized spacial score (nSPS) is 20.3. The van der Waals surface area contributed by atoms with Crippen molar-refractivity contribution in [2.45, 2.75) is 25.7 Å². The van der Waals surface area contributed by atoms with Crippen molar-refractivity contribution in [1.82, 2.24) is 14.7 Å². The molecule has 2 unspecified atom stereocenters. The maximum Gasteiger partial charge on any atom is 0.253 e. The average Bonchev–Trinajstić information content (AvgIpc) is 3.41. The number of amides is 1. The first kappa shape index (κ1) is 26.8. The van der Waals surface area contributed by atoms with E-state index in [1.165, 1.54) is 0 Å². The first-order chi connectivity index (χ1) is 17.6. The molecule has 0 aliphatic carbocycles. The molecule has 9 heteroatoms. The van der Waals surface area contributed by atoms with Gasteiger partial charge in [0.1, 0.15) is 12.4 Å². The number of aliphatic hydroxyl groups excluding tert-OH is 1. The lowest BCUT2D eigenvalue weighted by molar-refractivity contribution is -0.0610. The lowest BCUT2D eigenvalue weighted by Gasteiger charge is -2.37. The van der Waals surface area contributed by atoms with Crippen LogP contribution in [-0.4, -0.2) is 117 Å². The van der Waals surface area contributed by atoms with Crippen LogP contribution in [0.4, 0.5) is 0 Å². The monoisotopic (exact) mass is 501 g/mol. The van der Waals surface area contributed by atoms with Crippen molar-refractivity contribution in [1.29, 1.82) is 0 Å². The number of carbonyl (C=O) groups excluding carboxylic acids is 1. The summed E-state index contributed by atoms with van der Waals surface area (Å²) in [6.45, 7) is 10.3. The Morgan fingerprint density at radius 2 is 1.92 bits per heavy atom. The van der Waals surface area contributed by atoms with Crippen molar-refractivity contribution in [2.24, 2.45) is 0 Å². The number of carbonyl (C=O) groups is 1. The quantitative estimate of drug-likeness (QED) is 0.470. The van der Waals surface area contributed by atoms with Gasteiger partial charge in [0.05, 0.1) is 44.9 Å². The van der Waals surface area contributed by atoms with Crippen molar-refractivity contribution in [3.63, 3.8) is 0 Å². The molecule has 1 amide bonds. The minimum Gasteiger partial charge on any atom is -0.467 e. The number of morpholine rings is 2. The zero-order valence-electron chi connectivity index (χ0n) is 21.2. The Bertz CT molecular complexity index is 901. The Morgan fingerprint density at radius 1 is 1.14 bits per heavy atom. The summed E-state index contributed by atoms with van der Waals surface area (Å²) in [4.78, 5) is 19.9. The molecule has 0 spiro atoms. The fourth-order valence-corrected chi connectivity index (χ4v) is 4.58. The number of furan rings is 1. The molecular formula is C27H39N3O6. The summed E-state index contributed by atoms with van der Waals surface area (Å²) in [6.07, 6.45) is 0.885. The molecular weight excluding hydrogens is 462 g/mol. The molecule has 0 radical (unpaired) electrons. The highest BCUT2D eigenvalue weighted by atomic mass is 16.5. The van der Waals surface area contributed by atoms with Crippen molar-refractivity contribution in [2.75, 3.05) is 78.8 Å². The molecule has 2 aliphatic heterocycles. The van der Waals surface area contributed by atoms with Gasteiger partial charge < -0.3 is 28.6 Å². The van der Waals surface area contributed by atoms with Gasteiger partial charge in [-0.15, -0.1) is 0 Å². The molecule has 2 aliphatic rings. The van der Waals surface area contributed by atoms with Crippen LogP contribution in [0, 0.1) is 6.92 Å². The smallest absolute Gasteiger partial charge is 0.253 e. The molecule has 9 nitrogen and oxygen atoms in total. The van der Waals surface area contributed by atoms with Gasteiger partial charge in [0, 0.05) is 57.9 Å². The average molecular weight is 502 g/mol. The molecule has 2 aromatic rings. The van der Waals surface area contributed by atoms with E-state index in [1.807, 2.05) is 48.2 Å². The standard InChI is InChI=1S/C27H39N3O6/c1-22-4-6-23(7-5-22)27(32)30(9-8-28-10-14-33-15-11-28)19-26-18-29(12-16-36-26)17-24(31)20-34-21-25-3-2-13-35-25/h2-7,13,24,26,31H,8-12,14-21H2,1H3. The van der Waals surface area contributed by atoms with Crippen molar-refractivity contribution >= 4 is 5.91 Å². The molecule has 0 bridgehead atoms. The first-order valence-corrected chi connectivity index (χ1v) is 12.8. The van der Waals surface area contributed by atoms with Crippen LogP contribution in [0.1, 0.15) is 21.7 Å². The summed E-state index contributed by atoms with van der Waals surface area (Å²) >= 11 is 0. The van der Waals surface area contributed by atoms with E-state index in [0.717, 1.165) is 50.7 Å². The van der Waals surface area contributed by atoms with Crippen LogP contribution in [0.5, 0.6) is 0 Å². The largest absolute Gasteiger partial charge is 0.467 e. The Hall–Kier alpha value is -2.27. The minimum absolute atomic E-state index is 0.0235. The third-order valence-corrected chi connectivity index (χ3v) is 6.63. The van der Waals surface area contributed by atoms with Crippen molar-refractivity contribution in [3.05, 3.63) is 59.5 Å². The van der Waals surface area contributed by atoms with E-state index in [4.69, 9.17) is 18.6 Å². The maximum atomic E-state index is 13.4. The number of ether oxygens (including phenoxy) is 3. The summed E-state index contributed by atoms with van der Waals surface area (Å²) in [5.74, 6) is 0.763. The first-order valence-electron chi connectivity index (χ1n) is 12.8. The van der Waals surface area contributed by atoms with Gasteiger partial charge in [0.15, 0.2) is 0 Å². The number of hydrogen-bond acceptors (Lipinski definition) is 8. The van der Waals surface area contributed by atoms with Gasteiger partial charge in [0.2, 0.25) is 0 Å². The van der Waals surface area contributed by atoms with Crippen molar-refractivity contribution < 1.29 is 28.5 Å². The van der Waals surface area contributed by atoms with E-state index >= 15 is 0 Å². The van der Waals surface area contributed by atoms with Crippen LogP contribution in [0.25, 0.3) is 0 Å². The van der Waals surface area contributed by atoms with Crippen LogP contribution in [0.2, 0.25) is 0 Å². The van der Waals surface area contributed by atoms with E-state index in [0.29, 0.717) is 45.0 Å². The lowest BCUT2D eigenvalue weighted by atomic mass is 10.1. The molecule has 2 fully saturated rings. The van der Waals surface area contributed by atoms with Gasteiger partial charge in [-0.2, -0.15) is 0 Å². The third kappa shape index (κ3) is 8.40. The van der Waals surface area contributed by atoms with E-state index in [1.54, 1.807) is 6.26 Å². The highest BCUT2D eigenvalue weighted by Gasteiger charge is 2.27. The summed E-state index contributed by atoms with van der Waals surface area (Å²) < 4.78 is 22.4. The third-order valence-electron chi connectivity index (χ3n) is 6.63. The number of aliphatic hydroxyl groups is 1. The number of benzene rings is 1. The van der Waals surface area contributed by atoms with Crippen molar-refractivity contribution in [3.8, 4) is 0 Å². The van der Waals surface area contributed by atoms with Crippen LogP contribution in [0.15, 0.2) is 47.1 Å². The number of nitrogens with zero attached hydrogens (tertiary/aromatic N) is 3. The van der Waals surface area contributed by atoms with Gasteiger partial charge in [-0.25, -0.2) is 0 Å². The van der Waals surface area contributed by atoms with Crippen LogP contribution >= 0.6 is 0 Å². The van der Waals surface area contributed by atoms with Gasteiger partial charge in [0.25, 0.3) is 5.91 Å². The SMILES string of the molecule is Cc1ccc(C(=O)N(CCN2CCOCC2)CC2CN(CC(O)COCc3ccco3)CCO2)cc1. The molecule has 4 rings (SSSR count). The van der Waals surface area contributed by atoms with E-state index in [9.17, 15) is 9.90 Å². The maximum absolute atomic E-state index is 13.4. The molecule has 1 aromatic carbocycles. The summed E-state index contributed by atoms with van der Waals surface area (Å²) in [5.41, 5.74) is 1.82. The minimum atomic E-state index is -0.606. The Kier molecular flexibility index (Phi) is 10.3. The predicted octanol–water partition coefficient (Wildman–Crippen LogP) is 1.64. The number of hydrogen-bond donors (Lipinski definition) is 1. The van der Waals surface area contributed by atoms with Gasteiger partial charge >= 0.3 is 0 Å². The molecule has 36 heavy (non-hydrogen) atoms. The van der Waals surface area contributed by atoms with Gasteiger partial charge in [-0.05, 0) is 31.2 Å².